The minimum atomic E-state index is 0.333. The van der Waals surface area contributed by atoms with Gasteiger partial charge in [-0.15, -0.1) is 6.58 Å². The molecule has 1 unspecified atom stereocenters. The number of rotatable bonds is 12. The van der Waals surface area contributed by atoms with E-state index in [1.54, 1.807) is 0 Å². The number of hydrogen-bond donors (Lipinski definition) is 1. The maximum Gasteiger partial charge on any atom is 0.0431 e. The summed E-state index contributed by atoms with van der Waals surface area (Å²) in [6.07, 6.45) is 7.60. The largest absolute Gasteiger partial charge is 0.396 e. The van der Waals surface area contributed by atoms with Gasteiger partial charge in [0.1, 0.15) is 0 Å². The predicted octanol–water partition coefficient (Wildman–Crippen LogP) is 3.17. The third-order valence-corrected chi connectivity index (χ3v) is 3.72. The van der Waals surface area contributed by atoms with Crippen LogP contribution >= 0.6 is 11.8 Å². The first kappa shape index (κ1) is 15.7. The molecule has 0 heterocycles. The van der Waals surface area contributed by atoms with E-state index in [0.29, 0.717) is 12.5 Å². The lowest BCUT2D eigenvalue weighted by Crippen LogP contribution is -2.07. The van der Waals surface area contributed by atoms with E-state index in [1.165, 1.54) is 18.6 Å². The van der Waals surface area contributed by atoms with Crippen LogP contribution in [0.4, 0.5) is 0 Å². The lowest BCUT2D eigenvalue weighted by molar-refractivity contribution is 0.283. The zero-order chi connectivity index (χ0) is 12.1. The Balaban J connectivity index is 3.32. The van der Waals surface area contributed by atoms with Crippen molar-refractivity contribution in [3.8, 4) is 0 Å². The monoisotopic (exact) mass is 243 g/mol. The van der Waals surface area contributed by atoms with Crippen LogP contribution in [0.1, 0.15) is 32.1 Å². The molecule has 0 aromatic heterocycles. The number of nitrogens with zero attached hydrogens (tertiary/aromatic N) is 1. The second-order valence-corrected chi connectivity index (χ2v) is 5.16. The maximum absolute atomic E-state index is 8.63. The van der Waals surface area contributed by atoms with Gasteiger partial charge in [-0.1, -0.05) is 18.9 Å². The molecule has 0 aliphatic rings. The van der Waals surface area contributed by atoms with Crippen molar-refractivity contribution in [2.24, 2.45) is 10.9 Å². The highest BCUT2D eigenvalue weighted by Crippen LogP contribution is 2.15. The third-order valence-electron chi connectivity index (χ3n) is 2.44. The molecule has 16 heavy (non-hydrogen) atoms. The molecule has 0 amide bonds. The Morgan fingerprint density at radius 3 is 2.62 bits per heavy atom. The highest BCUT2D eigenvalue weighted by Gasteiger charge is 2.05. The van der Waals surface area contributed by atoms with Gasteiger partial charge in [0.15, 0.2) is 0 Å². The van der Waals surface area contributed by atoms with Crippen molar-refractivity contribution in [3.05, 3.63) is 12.7 Å². The van der Waals surface area contributed by atoms with Crippen LogP contribution in [0.15, 0.2) is 17.6 Å². The summed E-state index contributed by atoms with van der Waals surface area (Å²) >= 11 is 2.00. The van der Waals surface area contributed by atoms with Gasteiger partial charge < -0.3 is 10.1 Å². The van der Waals surface area contributed by atoms with E-state index in [1.807, 2.05) is 17.8 Å². The number of aliphatic hydroxyl groups is 1. The van der Waals surface area contributed by atoms with E-state index in [2.05, 4.69) is 18.3 Å². The fraction of sp³-hybridized carbons (Fsp3) is 0.769. The molecule has 0 spiro atoms. The lowest BCUT2D eigenvalue weighted by atomic mass is 10.1. The number of unbranched alkanes of at least 4 members (excludes halogenated alkanes) is 3. The molecule has 0 aliphatic heterocycles. The predicted molar refractivity (Wildman–Crippen MR) is 75.6 cm³/mol. The quantitative estimate of drug-likeness (QED) is 0.324. The zero-order valence-electron chi connectivity index (χ0n) is 10.2. The molecule has 0 aromatic rings. The molecule has 0 aromatic carbocycles. The first-order chi connectivity index (χ1) is 7.85. The van der Waals surface area contributed by atoms with Crippen molar-refractivity contribution in [2.75, 3.05) is 24.7 Å². The van der Waals surface area contributed by atoms with Gasteiger partial charge in [-0.3, -0.25) is 0 Å². The van der Waals surface area contributed by atoms with Crippen LogP contribution in [0.2, 0.25) is 0 Å². The lowest BCUT2D eigenvalue weighted by Gasteiger charge is -2.11. The second-order valence-electron chi connectivity index (χ2n) is 4.01. The van der Waals surface area contributed by atoms with Gasteiger partial charge in [-0.2, -0.15) is 11.8 Å². The highest BCUT2D eigenvalue weighted by atomic mass is 32.2. The van der Waals surface area contributed by atoms with Gasteiger partial charge in [0.25, 0.3) is 0 Å². The Labute approximate surface area is 104 Å². The minimum Gasteiger partial charge on any atom is -0.396 e. The van der Waals surface area contributed by atoms with E-state index in [4.69, 9.17) is 5.11 Å². The molecule has 0 aliphatic carbocycles. The molecule has 0 bridgehead atoms. The van der Waals surface area contributed by atoms with Crippen LogP contribution in [-0.2, 0) is 0 Å². The van der Waals surface area contributed by atoms with Gasteiger partial charge in [0.2, 0.25) is 0 Å². The van der Waals surface area contributed by atoms with E-state index < -0.39 is 0 Å². The summed E-state index contributed by atoms with van der Waals surface area (Å²) in [5.41, 5.74) is 0. The molecule has 2 nitrogen and oxygen atoms in total. The Morgan fingerprint density at radius 1 is 1.25 bits per heavy atom. The summed E-state index contributed by atoms with van der Waals surface area (Å²) in [6, 6.07) is 0. The smallest absolute Gasteiger partial charge is 0.0431 e. The van der Waals surface area contributed by atoms with Gasteiger partial charge >= 0.3 is 0 Å². The summed E-state index contributed by atoms with van der Waals surface area (Å²) in [4.78, 5) is 3.96. The Bertz CT molecular complexity index is 163. The fourth-order valence-electron chi connectivity index (χ4n) is 1.53. The van der Waals surface area contributed by atoms with E-state index in [0.717, 1.165) is 31.6 Å². The van der Waals surface area contributed by atoms with Crippen LogP contribution in [0.3, 0.4) is 0 Å². The summed E-state index contributed by atoms with van der Waals surface area (Å²) in [5, 5.41) is 8.63. The number of hydrogen-bond acceptors (Lipinski definition) is 3. The van der Waals surface area contributed by atoms with Crippen LogP contribution in [-0.4, -0.2) is 36.5 Å². The average Bonchev–Trinajstić information content (AvgIpc) is 2.28. The molecule has 0 saturated heterocycles. The van der Waals surface area contributed by atoms with Crippen molar-refractivity contribution >= 4 is 18.5 Å². The summed E-state index contributed by atoms with van der Waals surface area (Å²) in [6.45, 7) is 8.49. The van der Waals surface area contributed by atoms with Gasteiger partial charge in [0, 0.05) is 13.2 Å². The maximum atomic E-state index is 8.63. The van der Waals surface area contributed by atoms with Crippen molar-refractivity contribution in [3.63, 3.8) is 0 Å². The SMILES string of the molecule is C=CCC(CN=C)CSCCCCCCO. The molecule has 0 rings (SSSR count). The van der Waals surface area contributed by atoms with Crippen molar-refractivity contribution in [1.82, 2.24) is 0 Å². The molecule has 0 saturated carbocycles. The number of allylic oxidation sites excluding steroid dienone is 1. The van der Waals surface area contributed by atoms with Crippen molar-refractivity contribution in [2.45, 2.75) is 32.1 Å². The Hall–Kier alpha value is -0.280. The Kier molecular flexibility index (Phi) is 12.6. The summed E-state index contributed by atoms with van der Waals surface area (Å²) in [7, 11) is 0. The average molecular weight is 243 g/mol. The topological polar surface area (TPSA) is 32.6 Å². The third kappa shape index (κ3) is 10.2. The standard InChI is InChI=1S/C13H25NOS/c1-3-8-13(11-14-2)12-16-10-7-5-4-6-9-15/h3,13,15H,1-2,4-12H2. The highest BCUT2D eigenvalue weighted by molar-refractivity contribution is 7.99. The van der Waals surface area contributed by atoms with E-state index in [-0.39, 0.29) is 0 Å². The van der Waals surface area contributed by atoms with Crippen LogP contribution in [0.5, 0.6) is 0 Å². The summed E-state index contributed by atoms with van der Waals surface area (Å²) in [5.74, 6) is 2.98. The summed E-state index contributed by atoms with van der Waals surface area (Å²) < 4.78 is 0. The number of aliphatic imine (C=N–C) groups is 1. The molecule has 0 radical (unpaired) electrons. The molecular weight excluding hydrogens is 218 g/mol. The zero-order valence-corrected chi connectivity index (χ0v) is 11.1. The number of thioether (sulfide) groups is 1. The van der Waals surface area contributed by atoms with Crippen LogP contribution < -0.4 is 0 Å². The van der Waals surface area contributed by atoms with Gasteiger partial charge in [-0.25, -0.2) is 0 Å². The molecule has 1 N–H and O–H groups in total. The van der Waals surface area contributed by atoms with Crippen LogP contribution in [0, 0.1) is 5.92 Å². The minimum absolute atomic E-state index is 0.333. The number of aliphatic hydroxyl groups excluding tert-OH is 1. The van der Waals surface area contributed by atoms with Crippen LogP contribution in [0.25, 0.3) is 0 Å². The van der Waals surface area contributed by atoms with E-state index in [9.17, 15) is 0 Å². The molecule has 94 valence electrons. The first-order valence-corrected chi connectivity index (χ1v) is 7.22. The Morgan fingerprint density at radius 2 is 2.00 bits per heavy atom. The van der Waals surface area contributed by atoms with E-state index >= 15 is 0 Å². The molecular formula is C13H25NOS. The molecule has 0 fully saturated rings. The van der Waals surface area contributed by atoms with Crippen molar-refractivity contribution < 1.29 is 5.11 Å². The van der Waals surface area contributed by atoms with Gasteiger partial charge in [0.05, 0.1) is 0 Å². The van der Waals surface area contributed by atoms with Crippen molar-refractivity contribution in [1.29, 1.82) is 0 Å². The molecule has 1 atom stereocenters. The van der Waals surface area contributed by atoms with Gasteiger partial charge in [-0.05, 0) is 43.4 Å². The second kappa shape index (κ2) is 12.8. The first-order valence-electron chi connectivity index (χ1n) is 6.07. The molecule has 3 heteroatoms. The normalized spacial score (nSPS) is 12.3. The fourth-order valence-corrected chi connectivity index (χ4v) is 2.68.